The highest BCUT2D eigenvalue weighted by Crippen LogP contribution is 2.60. The number of hydrogen-bond acceptors (Lipinski definition) is 3. The third kappa shape index (κ3) is 2.39. The zero-order valence-corrected chi connectivity index (χ0v) is 15.1. The number of amides is 1. The molecule has 0 spiro atoms. The molecule has 5 nitrogen and oxygen atoms in total. The third-order valence-electron chi connectivity index (χ3n) is 6.87. The molecule has 2 aromatic heterocycles. The van der Waals surface area contributed by atoms with Crippen molar-refractivity contribution >= 4 is 11.6 Å². The van der Waals surface area contributed by atoms with Gasteiger partial charge in [-0.15, -0.1) is 0 Å². The molecule has 0 saturated heterocycles. The molecule has 132 valence electrons. The van der Waals surface area contributed by atoms with Crippen LogP contribution in [0.2, 0.25) is 0 Å². The summed E-state index contributed by atoms with van der Waals surface area (Å²) in [6.45, 7) is 2.79. The van der Waals surface area contributed by atoms with Crippen LogP contribution in [0.4, 0.5) is 0 Å². The molecule has 0 unspecified atom stereocenters. The molecule has 4 aliphatic carbocycles. The second kappa shape index (κ2) is 5.29. The molecular weight excluding hydrogens is 312 g/mol. The first-order valence-corrected chi connectivity index (χ1v) is 9.58. The normalized spacial score (nSPS) is 33.1. The molecule has 6 rings (SSSR count). The second-order valence-electron chi connectivity index (χ2n) is 8.93. The quantitative estimate of drug-likeness (QED) is 0.862. The number of hydrogen-bond donors (Lipinski definition) is 0. The van der Waals surface area contributed by atoms with Gasteiger partial charge in [-0.2, -0.15) is 5.10 Å². The predicted octanol–water partition coefficient (Wildman–Crippen LogP) is 3.33. The Kier molecular flexibility index (Phi) is 3.25. The van der Waals surface area contributed by atoms with Gasteiger partial charge in [0.1, 0.15) is 5.56 Å². The topological polar surface area (TPSA) is 50.5 Å². The number of aryl methyl sites for hydroxylation is 1. The van der Waals surface area contributed by atoms with Crippen LogP contribution in [-0.2, 0) is 0 Å². The lowest BCUT2D eigenvalue weighted by Gasteiger charge is -2.57. The zero-order chi connectivity index (χ0) is 17.2. The fraction of sp³-hybridized carbons (Fsp3) is 0.650. The summed E-state index contributed by atoms with van der Waals surface area (Å²) in [6.07, 6.45) is 11.9. The molecular formula is C20H26N4O. The van der Waals surface area contributed by atoms with Crippen molar-refractivity contribution < 1.29 is 4.79 Å². The van der Waals surface area contributed by atoms with E-state index in [0.29, 0.717) is 16.6 Å². The number of aromatic nitrogens is 3. The van der Waals surface area contributed by atoms with Crippen LogP contribution < -0.4 is 0 Å². The van der Waals surface area contributed by atoms with Gasteiger partial charge in [0.25, 0.3) is 5.91 Å². The fourth-order valence-electron chi connectivity index (χ4n) is 6.50. The van der Waals surface area contributed by atoms with Gasteiger partial charge < -0.3 is 4.90 Å². The Morgan fingerprint density at radius 2 is 1.88 bits per heavy atom. The van der Waals surface area contributed by atoms with Crippen molar-refractivity contribution in [3.63, 3.8) is 0 Å². The minimum Gasteiger partial charge on any atom is -0.341 e. The lowest BCUT2D eigenvalue weighted by atomic mass is 9.49. The molecule has 0 aromatic carbocycles. The van der Waals surface area contributed by atoms with Crippen LogP contribution in [0.1, 0.15) is 54.6 Å². The summed E-state index contributed by atoms with van der Waals surface area (Å²) < 4.78 is 1.71. The molecule has 5 heteroatoms. The highest BCUT2D eigenvalue weighted by Gasteiger charge is 2.51. The molecule has 0 N–H and O–H groups in total. The summed E-state index contributed by atoms with van der Waals surface area (Å²) in [5.41, 5.74) is 2.46. The van der Waals surface area contributed by atoms with E-state index in [1.807, 2.05) is 31.1 Å². The van der Waals surface area contributed by atoms with Gasteiger partial charge in [0, 0.05) is 26.0 Å². The van der Waals surface area contributed by atoms with Crippen molar-refractivity contribution in [1.82, 2.24) is 19.5 Å². The Balaban J connectivity index is 1.42. The van der Waals surface area contributed by atoms with E-state index in [9.17, 15) is 4.79 Å². The van der Waals surface area contributed by atoms with E-state index < -0.39 is 0 Å². The first kappa shape index (κ1) is 15.4. The maximum atomic E-state index is 13.2. The molecule has 0 atom stereocenters. The summed E-state index contributed by atoms with van der Waals surface area (Å²) in [5.74, 6) is 2.81. The van der Waals surface area contributed by atoms with Gasteiger partial charge in [0.15, 0.2) is 5.65 Å². The number of rotatable bonds is 3. The van der Waals surface area contributed by atoms with Crippen molar-refractivity contribution in [1.29, 1.82) is 0 Å². The summed E-state index contributed by atoms with van der Waals surface area (Å²) >= 11 is 0. The smallest absolute Gasteiger partial charge is 0.259 e. The van der Waals surface area contributed by atoms with Crippen LogP contribution in [0, 0.1) is 30.1 Å². The number of carbonyl (C=O) groups excluding carboxylic acids is 1. The average Bonchev–Trinajstić information content (AvgIpc) is 2.88. The Hall–Kier alpha value is -1.91. The first-order valence-electron chi connectivity index (χ1n) is 9.58. The SMILES string of the molecule is Cc1nn2cccnc2c1C(=O)N(C)CC12CC3CC(CC(C3)C1)C2. The van der Waals surface area contributed by atoms with E-state index in [1.54, 1.807) is 10.7 Å². The number of carbonyl (C=O) groups is 1. The molecule has 25 heavy (non-hydrogen) atoms. The van der Waals surface area contributed by atoms with Crippen LogP contribution >= 0.6 is 0 Å². The maximum absolute atomic E-state index is 13.2. The van der Waals surface area contributed by atoms with Crippen molar-refractivity contribution in [2.75, 3.05) is 13.6 Å². The monoisotopic (exact) mass is 338 g/mol. The summed E-state index contributed by atoms with van der Waals surface area (Å²) in [6, 6.07) is 1.84. The number of nitrogens with zero attached hydrogens (tertiary/aromatic N) is 4. The molecule has 4 aliphatic rings. The minimum absolute atomic E-state index is 0.0712. The Bertz CT molecular complexity index is 804. The Morgan fingerprint density at radius 1 is 1.24 bits per heavy atom. The van der Waals surface area contributed by atoms with Gasteiger partial charge in [0.05, 0.1) is 5.69 Å². The maximum Gasteiger partial charge on any atom is 0.259 e. The van der Waals surface area contributed by atoms with E-state index in [2.05, 4.69) is 10.1 Å². The predicted molar refractivity (Wildman–Crippen MR) is 95.3 cm³/mol. The number of fused-ring (bicyclic) bond motifs is 1. The molecule has 2 aromatic rings. The van der Waals surface area contributed by atoms with Crippen LogP contribution in [0.5, 0.6) is 0 Å². The first-order chi connectivity index (χ1) is 12.0. The van der Waals surface area contributed by atoms with Gasteiger partial charge >= 0.3 is 0 Å². The molecule has 2 heterocycles. The van der Waals surface area contributed by atoms with E-state index >= 15 is 0 Å². The molecule has 0 aliphatic heterocycles. The van der Waals surface area contributed by atoms with Gasteiger partial charge in [0.2, 0.25) is 0 Å². The largest absolute Gasteiger partial charge is 0.341 e. The summed E-state index contributed by atoms with van der Waals surface area (Å²) in [4.78, 5) is 19.5. The van der Waals surface area contributed by atoms with Crippen LogP contribution in [0.3, 0.4) is 0 Å². The molecule has 4 saturated carbocycles. The highest BCUT2D eigenvalue weighted by atomic mass is 16.2. The van der Waals surface area contributed by atoms with Crippen molar-refractivity contribution in [3.05, 3.63) is 29.7 Å². The Morgan fingerprint density at radius 3 is 2.52 bits per heavy atom. The van der Waals surface area contributed by atoms with Gasteiger partial charge in [-0.3, -0.25) is 4.79 Å². The van der Waals surface area contributed by atoms with E-state index in [1.165, 1.54) is 38.5 Å². The van der Waals surface area contributed by atoms with Crippen molar-refractivity contribution in [2.45, 2.75) is 45.4 Å². The van der Waals surface area contributed by atoms with Gasteiger partial charge in [-0.05, 0) is 74.7 Å². The van der Waals surface area contributed by atoms with Crippen molar-refractivity contribution in [3.8, 4) is 0 Å². The van der Waals surface area contributed by atoms with Crippen molar-refractivity contribution in [2.24, 2.45) is 23.2 Å². The molecule has 1 amide bonds. The van der Waals surface area contributed by atoms with Crippen LogP contribution in [0.25, 0.3) is 5.65 Å². The lowest BCUT2D eigenvalue weighted by molar-refractivity contribution is -0.0629. The average molecular weight is 338 g/mol. The molecule has 4 bridgehead atoms. The second-order valence-corrected chi connectivity index (χ2v) is 8.93. The standard InChI is InChI=1S/C20H26N4O/c1-13-17(18-21-4-3-5-24(18)22-13)19(25)23(2)12-20-9-14-6-15(10-20)8-16(7-14)11-20/h3-5,14-16H,6-12H2,1-2H3. The van der Waals surface area contributed by atoms with E-state index in [4.69, 9.17) is 0 Å². The Labute approximate surface area is 148 Å². The fourth-order valence-corrected chi connectivity index (χ4v) is 6.50. The highest BCUT2D eigenvalue weighted by molar-refractivity contribution is 6.00. The summed E-state index contributed by atoms with van der Waals surface area (Å²) in [5, 5.41) is 4.45. The zero-order valence-electron chi connectivity index (χ0n) is 15.1. The third-order valence-corrected chi connectivity index (χ3v) is 6.87. The van der Waals surface area contributed by atoms with Crippen LogP contribution in [0.15, 0.2) is 18.5 Å². The summed E-state index contributed by atoms with van der Waals surface area (Å²) in [7, 11) is 1.97. The van der Waals surface area contributed by atoms with E-state index in [-0.39, 0.29) is 5.91 Å². The molecule has 4 fully saturated rings. The lowest BCUT2D eigenvalue weighted by Crippen LogP contribution is -2.51. The van der Waals surface area contributed by atoms with Gasteiger partial charge in [-0.25, -0.2) is 9.50 Å². The van der Waals surface area contributed by atoms with E-state index in [0.717, 1.165) is 30.0 Å². The van der Waals surface area contributed by atoms with Gasteiger partial charge in [-0.1, -0.05) is 0 Å². The molecule has 0 radical (unpaired) electrons. The minimum atomic E-state index is 0.0712. The van der Waals surface area contributed by atoms with Crippen LogP contribution in [-0.4, -0.2) is 39.0 Å².